The summed E-state index contributed by atoms with van der Waals surface area (Å²) in [6.07, 6.45) is 8.15. The van der Waals surface area contributed by atoms with Gasteiger partial charge in [-0.05, 0) is 37.8 Å². The van der Waals surface area contributed by atoms with E-state index in [1.54, 1.807) is 13.0 Å². The second-order valence-corrected chi connectivity index (χ2v) is 4.53. The summed E-state index contributed by atoms with van der Waals surface area (Å²) in [4.78, 5) is 10.8. The van der Waals surface area contributed by atoms with Crippen molar-refractivity contribution >= 4 is 5.78 Å². The second-order valence-electron chi connectivity index (χ2n) is 4.53. The fourth-order valence-electron chi connectivity index (χ4n) is 1.77. The highest BCUT2D eigenvalue weighted by Crippen LogP contribution is 2.12. The largest absolute Gasteiger partial charge is 0.373 e. The highest BCUT2D eigenvalue weighted by atomic mass is 16.5. The molecule has 102 valence electrons. The van der Waals surface area contributed by atoms with Crippen molar-refractivity contribution in [1.29, 1.82) is 0 Å². The zero-order valence-electron chi connectivity index (χ0n) is 11.5. The van der Waals surface area contributed by atoms with Crippen molar-refractivity contribution in [3.63, 3.8) is 0 Å². The molecule has 0 aliphatic heterocycles. The highest BCUT2D eigenvalue weighted by Gasteiger charge is 2.06. The lowest BCUT2D eigenvalue weighted by Gasteiger charge is -2.15. The fraction of sp³-hybridized carbons (Fsp3) is 0.353. The van der Waals surface area contributed by atoms with Crippen molar-refractivity contribution in [3.05, 3.63) is 60.7 Å². The summed E-state index contributed by atoms with van der Waals surface area (Å²) in [5, 5.41) is 0. The van der Waals surface area contributed by atoms with E-state index in [-0.39, 0.29) is 11.9 Å². The minimum absolute atomic E-state index is 0.0884. The molecule has 0 saturated heterocycles. The molecule has 0 aromatic heterocycles. The van der Waals surface area contributed by atoms with Crippen LogP contribution in [0.4, 0.5) is 0 Å². The molecule has 0 spiro atoms. The Balaban J connectivity index is 2.35. The number of ether oxygens (including phenoxy) is 1. The number of allylic oxidation sites excluding steroid dienone is 2. The van der Waals surface area contributed by atoms with Gasteiger partial charge in [0.15, 0.2) is 5.78 Å². The van der Waals surface area contributed by atoms with E-state index in [0.29, 0.717) is 6.61 Å². The van der Waals surface area contributed by atoms with Gasteiger partial charge in [-0.25, -0.2) is 0 Å². The quantitative estimate of drug-likeness (QED) is 0.493. The number of carbonyl (C=O) groups is 1. The maximum atomic E-state index is 10.8. The molecule has 0 bridgehead atoms. The molecule has 1 atom stereocenters. The van der Waals surface area contributed by atoms with Crippen molar-refractivity contribution < 1.29 is 9.53 Å². The molecule has 2 nitrogen and oxygen atoms in total. The van der Waals surface area contributed by atoms with E-state index in [0.717, 1.165) is 19.3 Å². The van der Waals surface area contributed by atoms with Crippen molar-refractivity contribution in [1.82, 2.24) is 0 Å². The minimum atomic E-state index is 0.0884. The van der Waals surface area contributed by atoms with Crippen LogP contribution in [0, 0.1) is 0 Å². The van der Waals surface area contributed by atoms with Gasteiger partial charge in [-0.15, -0.1) is 6.58 Å². The molecule has 0 saturated carbocycles. The maximum absolute atomic E-state index is 10.8. The van der Waals surface area contributed by atoms with Gasteiger partial charge in [0.25, 0.3) is 0 Å². The van der Waals surface area contributed by atoms with Crippen LogP contribution >= 0.6 is 0 Å². The van der Waals surface area contributed by atoms with Crippen LogP contribution in [0.3, 0.4) is 0 Å². The molecule has 1 unspecified atom stereocenters. The van der Waals surface area contributed by atoms with Crippen LogP contribution < -0.4 is 0 Å². The monoisotopic (exact) mass is 258 g/mol. The third-order valence-corrected chi connectivity index (χ3v) is 2.77. The summed E-state index contributed by atoms with van der Waals surface area (Å²) in [6, 6.07) is 10.1. The maximum Gasteiger partial charge on any atom is 0.152 e. The van der Waals surface area contributed by atoms with Crippen LogP contribution in [0.25, 0.3) is 0 Å². The zero-order valence-corrected chi connectivity index (χ0v) is 11.5. The summed E-state index contributed by atoms with van der Waals surface area (Å²) in [5.74, 6) is 0.0884. The predicted octanol–water partition coefficient (Wildman–Crippen LogP) is 4.07. The molecule has 1 aromatic rings. The standard InChI is InChI=1S/C17H22O2/c1-3-9-17(13-8-7-10-15(2)18)19-14-16-11-5-4-6-12-16/h3-7,10-12,17H,1,8-9,13-14H2,2H3/b10-7+. The van der Waals surface area contributed by atoms with Gasteiger partial charge in [0, 0.05) is 0 Å². The number of benzene rings is 1. The highest BCUT2D eigenvalue weighted by molar-refractivity contribution is 5.87. The van der Waals surface area contributed by atoms with E-state index in [9.17, 15) is 4.79 Å². The number of hydrogen-bond donors (Lipinski definition) is 0. The van der Waals surface area contributed by atoms with Crippen molar-refractivity contribution in [2.24, 2.45) is 0 Å². The Bertz CT molecular complexity index is 407. The summed E-state index contributed by atoms with van der Waals surface area (Å²) in [5.41, 5.74) is 1.18. The molecule has 2 heteroatoms. The molecule has 19 heavy (non-hydrogen) atoms. The Morgan fingerprint density at radius 1 is 1.37 bits per heavy atom. The summed E-state index contributed by atoms with van der Waals surface area (Å²) < 4.78 is 5.89. The third kappa shape index (κ3) is 7.37. The summed E-state index contributed by atoms with van der Waals surface area (Å²) in [6.45, 7) is 5.94. The van der Waals surface area contributed by atoms with E-state index >= 15 is 0 Å². The predicted molar refractivity (Wildman–Crippen MR) is 78.9 cm³/mol. The Hall–Kier alpha value is -1.67. The fourth-order valence-corrected chi connectivity index (χ4v) is 1.77. The van der Waals surface area contributed by atoms with Crippen molar-refractivity contribution in [2.45, 2.75) is 38.9 Å². The van der Waals surface area contributed by atoms with Crippen LogP contribution in [0.5, 0.6) is 0 Å². The Morgan fingerprint density at radius 2 is 2.11 bits per heavy atom. The van der Waals surface area contributed by atoms with Gasteiger partial charge in [-0.1, -0.05) is 42.5 Å². The molecule has 0 aliphatic rings. The molecule has 0 aliphatic carbocycles. The molecule has 1 rings (SSSR count). The van der Waals surface area contributed by atoms with E-state index in [4.69, 9.17) is 4.74 Å². The smallest absolute Gasteiger partial charge is 0.152 e. The lowest BCUT2D eigenvalue weighted by atomic mass is 10.1. The van der Waals surface area contributed by atoms with Gasteiger partial charge in [0.1, 0.15) is 0 Å². The Morgan fingerprint density at radius 3 is 2.74 bits per heavy atom. The van der Waals surface area contributed by atoms with E-state index in [1.165, 1.54) is 5.56 Å². The first-order valence-electron chi connectivity index (χ1n) is 6.66. The molecule has 0 radical (unpaired) electrons. The van der Waals surface area contributed by atoms with Gasteiger partial charge in [0.05, 0.1) is 12.7 Å². The lowest BCUT2D eigenvalue weighted by molar-refractivity contribution is -0.112. The Kier molecular flexibility index (Phi) is 7.52. The van der Waals surface area contributed by atoms with Gasteiger partial charge >= 0.3 is 0 Å². The Labute approximate surface area is 115 Å². The van der Waals surface area contributed by atoms with Crippen molar-refractivity contribution in [3.8, 4) is 0 Å². The number of ketones is 1. The van der Waals surface area contributed by atoms with Crippen molar-refractivity contribution in [2.75, 3.05) is 0 Å². The molecule has 0 amide bonds. The zero-order chi connectivity index (χ0) is 13.9. The minimum Gasteiger partial charge on any atom is -0.373 e. The SMILES string of the molecule is C=CCC(CC/C=C/C(C)=O)OCc1ccccc1. The van der Waals surface area contributed by atoms with Crippen LogP contribution in [0.2, 0.25) is 0 Å². The van der Waals surface area contributed by atoms with E-state index in [2.05, 4.69) is 18.7 Å². The van der Waals surface area contributed by atoms with Gasteiger partial charge in [-0.2, -0.15) is 0 Å². The van der Waals surface area contributed by atoms with Crippen LogP contribution in [-0.4, -0.2) is 11.9 Å². The molecule has 0 heterocycles. The molecule has 0 fully saturated rings. The first kappa shape index (κ1) is 15.4. The molecule has 0 N–H and O–H groups in total. The van der Waals surface area contributed by atoms with E-state index in [1.807, 2.05) is 30.4 Å². The third-order valence-electron chi connectivity index (χ3n) is 2.77. The molecule has 1 aromatic carbocycles. The second kappa shape index (κ2) is 9.29. The lowest BCUT2D eigenvalue weighted by Crippen LogP contribution is -2.11. The number of carbonyl (C=O) groups excluding carboxylic acids is 1. The van der Waals surface area contributed by atoms with Crippen LogP contribution in [0.15, 0.2) is 55.1 Å². The first-order valence-corrected chi connectivity index (χ1v) is 6.66. The summed E-state index contributed by atoms with van der Waals surface area (Å²) >= 11 is 0. The average Bonchev–Trinajstić information content (AvgIpc) is 2.41. The molecular weight excluding hydrogens is 236 g/mol. The van der Waals surface area contributed by atoms with Gasteiger partial charge in [-0.3, -0.25) is 4.79 Å². The normalized spacial score (nSPS) is 12.5. The average molecular weight is 258 g/mol. The summed E-state index contributed by atoms with van der Waals surface area (Å²) in [7, 11) is 0. The topological polar surface area (TPSA) is 26.3 Å². The first-order chi connectivity index (χ1) is 9.22. The van der Waals surface area contributed by atoms with Crippen LogP contribution in [-0.2, 0) is 16.1 Å². The van der Waals surface area contributed by atoms with Crippen LogP contribution in [0.1, 0.15) is 31.7 Å². The van der Waals surface area contributed by atoms with Gasteiger partial charge in [0.2, 0.25) is 0 Å². The van der Waals surface area contributed by atoms with Gasteiger partial charge < -0.3 is 4.74 Å². The number of rotatable bonds is 9. The van der Waals surface area contributed by atoms with E-state index < -0.39 is 0 Å². The molecular formula is C17H22O2. The number of hydrogen-bond acceptors (Lipinski definition) is 2.